The van der Waals surface area contributed by atoms with Gasteiger partial charge in [0, 0.05) is 12.6 Å². The van der Waals surface area contributed by atoms with Gasteiger partial charge >= 0.3 is 0 Å². The van der Waals surface area contributed by atoms with Crippen molar-refractivity contribution < 1.29 is 4.74 Å². The van der Waals surface area contributed by atoms with Crippen LogP contribution in [-0.2, 0) is 0 Å². The largest absolute Gasteiger partial charge is 0.481 e. The Kier molecular flexibility index (Phi) is 4.85. The minimum atomic E-state index is 0.594. The molecule has 0 unspecified atom stereocenters. The molecular weight excluding hydrogens is 240 g/mol. The number of hydrogen-bond acceptors (Lipinski definition) is 5. The van der Waals surface area contributed by atoms with Crippen LogP contribution in [0.5, 0.6) is 5.88 Å². The van der Waals surface area contributed by atoms with Crippen LogP contribution in [0.2, 0.25) is 0 Å². The lowest BCUT2D eigenvalue weighted by molar-refractivity contribution is 0.215. The number of hydrogen-bond donors (Lipinski definition) is 2. The number of pyridine rings is 1. The molecule has 3 N–H and O–H groups in total. The maximum atomic E-state index is 5.89. The smallest absolute Gasteiger partial charge is 0.215 e. The van der Waals surface area contributed by atoms with Crippen LogP contribution in [-0.4, -0.2) is 43.7 Å². The second-order valence-electron chi connectivity index (χ2n) is 5.25. The maximum Gasteiger partial charge on any atom is 0.215 e. The first-order valence-electron chi connectivity index (χ1n) is 6.92. The first-order valence-corrected chi connectivity index (χ1v) is 6.92. The van der Waals surface area contributed by atoms with Crippen molar-refractivity contribution in [2.45, 2.75) is 19.3 Å². The minimum absolute atomic E-state index is 0.594. The molecule has 0 amide bonds. The van der Waals surface area contributed by atoms with Gasteiger partial charge in [0.2, 0.25) is 5.88 Å². The average Bonchev–Trinajstić information content (AvgIpc) is 2.43. The van der Waals surface area contributed by atoms with Gasteiger partial charge in [0.05, 0.1) is 12.8 Å². The Balaban J connectivity index is 1.79. The van der Waals surface area contributed by atoms with Crippen molar-refractivity contribution in [1.82, 2.24) is 9.88 Å². The lowest BCUT2D eigenvalue weighted by Crippen LogP contribution is -2.30. The molecule has 0 aromatic carbocycles. The summed E-state index contributed by atoms with van der Waals surface area (Å²) in [6, 6.07) is 3.60. The van der Waals surface area contributed by atoms with Crippen LogP contribution in [0.1, 0.15) is 19.3 Å². The van der Waals surface area contributed by atoms with Gasteiger partial charge in [0.15, 0.2) is 5.82 Å². The highest BCUT2D eigenvalue weighted by Gasteiger charge is 2.16. The van der Waals surface area contributed by atoms with Crippen LogP contribution in [0, 0.1) is 5.92 Å². The number of rotatable bonds is 5. The van der Waals surface area contributed by atoms with Crippen molar-refractivity contribution in [3.05, 3.63) is 12.1 Å². The summed E-state index contributed by atoms with van der Waals surface area (Å²) in [5.74, 6) is 2.14. The molecule has 2 rings (SSSR count). The van der Waals surface area contributed by atoms with Gasteiger partial charge in [-0.2, -0.15) is 4.98 Å². The predicted molar refractivity (Wildman–Crippen MR) is 78.5 cm³/mol. The molecule has 1 aromatic heterocycles. The van der Waals surface area contributed by atoms with Gasteiger partial charge in [0.25, 0.3) is 0 Å². The van der Waals surface area contributed by atoms with Crippen LogP contribution in [0.4, 0.5) is 11.5 Å². The van der Waals surface area contributed by atoms with Crippen LogP contribution in [0.25, 0.3) is 0 Å². The van der Waals surface area contributed by atoms with E-state index in [1.807, 2.05) is 6.07 Å². The highest BCUT2D eigenvalue weighted by molar-refractivity contribution is 5.61. The average molecular weight is 264 g/mol. The number of ether oxygens (including phenoxy) is 1. The van der Waals surface area contributed by atoms with Gasteiger partial charge < -0.3 is 20.7 Å². The Hall–Kier alpha value is -1.49. The van der Waals surface area contributed by atoms with Crippen LogP contribution >= 0.6 is 0 Å². The van der Waals surface area contributed by atoms with E-state index >= 15 is 0 Å². The molecule has 0 atom stereocenters. The van der Waals surface area contributed by atoms with E-state index < -0.39 is 0 Å². The summed E-state index contributed by atoms with van der Waals surface area (Å²) >= 11 is 0. The van der Waals surface area contributed by atoms with Gasteiger partial charge in [-0.3, -0.25) is 0 Å². The maximum absolute atomic E-state index is 5.89. The number of nitrogens with one attached hydrogen (secondary N) is 1. The lowest BCUT2D eigenvalue weighted by Gasteiger charge is -2.28. The lowest BCUT2D eigenvalue weighted by atomic mass is 9.94. The molecule has 5 nitrogen and oxygen atoms in total. The second kappa shape index (κ2) is 6.61. The summed E-state index contributed by atoms with van der Waals surface area (Å²) in [6.07, 6.45) is 3.75. The van der Waals surface area contributed by atoms with Gasteiger partial charge in [-0.05, 0) is 51.4 Å². The summed E-state index contributed by atoms with van der Waals surface area (Å²) < 4.78 is 5.11. The van der Waals surface area contributed by atoms with E-state index in [1.54, 1.807) is 13.2 Å². The number of piperidine rings is 1. The number of likely N-dealkylation sites (tertiary alicyclic amines) is 1. The van der Waals surface area contributed by atoms with Crippen molar-refractivity contribution in [2.75, 3.05) is 44.8 Å². The monoisotopic (exact) mass is 264 g/mol. The Morgan fingerprint density at radius 3 is 2.84 bits per heavy atom. The van der Waals surface area contributed by atoms with E-state index in [4.69, 9.17) is 10.5 Å². The molecule has 0 bridgehead atoms. The molecule has 1 fully saturated rings. The third-order valence-corrected chi connectivity index (χ3v) is 3.79. The summed E-state index contributed by atoms with van der Waals surface area (Å²) in [6.45, 7) is 3.34. The topological polar surface area (TPSA) is 63.4 Å². The zero-order valence-electron chi connectivity index (χ0n) is 11.9. The van der Waals surface area contributed by atoms with E-state index in [2.05, 4.69) is 22.2 Å². The van der Waals surface area contributed by atoms with Crippen LogP contribution < -0.4 is 15.8 Å². The fourth-order valence-electron chi connectivity index (χ4n) is 2.45. The second-order valence-corrected chi connectivity index (χ2v) is 5.25. The number of nitrogens with two attached hydrogens (primary N) is 1. The Morgan fingerprint density at radius 1 is 1.42 bits per heavy atom. The highest BCUT2D eigenvalue weighted by Crippen LogP contribution is 2.22. The van der Waals surface area contributed by atoms with Crippen molar-refractivity contribution >= 4 is 11.5 Å². The Labute approximate surface area is 115 Å². The Morgan fingerprint density at radius 2 is 2.16 bits per heavy atom. The number of methoxy groups -OCH3 is 1. The van der Waals surface area contributed by atoms with Crippen LogP contribution in [0.3, 0.4) is 0 Å². The molecule has 1 aliphatic heterocycles. The molecule has 19 heavy (non-hydrogen) atoms. The van der Waals surface area contributed by atoms with Gasteiger partial charge in [-0.1, -0.05) is 0 Å². The van der Waals surface area contributed by atoms with Crippen molar-refractivity contribution in [1.29, 1.82) is 0 Å². The molecule has 5 heteroatoms. The molecule has 1 aliphatic rings. The van der Waals surface area contributed by atoms with E-state index in [1.165, 1.54) is 32.4 Å². The number of aromatic nitrogens is 1. The molecule has 0 spiro atoms. The Bertz CT molecular complexity index is 402. The molecule has 106 valence electrons. The summed E-state index contributed by atoms with van der Waals surface area (Å²) in [7, 11) is 3.80. The number of nitrogen functional groups attached to an aromatic ring is 1. The molecule has 1 aromatic rings. The summed E-state index contributed by atoms with van der Waals surface area (Å²) in [4.78, 5) is 6.71. The predicted octanol–water partition coefficient (Wildman–Crippen LogP) is 1.82. The van der Waals surface area contributed by atoms with E-state index in [0.717, 1.165) is 18.3 Å². The minimum Gasteiger partial charge on any atom is -0.481 e. The molecule has 0 saturated carbocycles. The zero-order valence-corrected chi connectivity index (χ0v) is 11.9. The highest BCUT2D eigenvalue weighted by atomic mass is 16.5. The molecule has 1 saturated heterocycles. The first kappa shape index (κ1) is 13.9. The fourth-order valence-corrected chi connectivity index (χ4v) is 2.45. The summed E-state index contributed by atoms with van der Waals surface area (Å²) in [5.41, 5.74) is 6.56. The quantitative estimate of drug-likeness (QED) is 0.849. The van der Waals surface area contributed by atoms with E-state index in [9.17, 15) is 0 Å². The zero-order chi connectivity index (χ0) is 13.7. The molecular formula is C14H24N4O. The third kappa shape index (κ3) is 3.99. The normalized spacial score (nSPS) is 17.4. The van der Waals surface area contributed by atoms with E-state index in [-0.39, 0.29) is 0 Å². The van der Waals surface area contributed by atoms with Gasteiger partial charge in [-0.15, -0.1) is 0 Å². The van der Waals surface area contributed by atoms with Gasteiger partial charge in [0.1, 0.15) is 0 Å². The van der Waals surface area contributed by atoms with Crippen molar-refractivity contribution in [3.63, 3.8) is 0 Å². The molecule has 0 aliphatic carbocycles. The van der Waals surface area contributed by atoms with Crippen molar-refractivity contribution in [3.8, 4) is 5.88 Å². The third-order valence-electron chi connectivity index (χ3n) is 3.79. The number of nitrogens with zero attached hydrogens (tertiary/aromatic N) is 2. The van der Waals surface area contributed by atoms with Crippen LogP contribution in [0.15, 0.2) is 12.1 Å². The number of anilines is 2. The summed E-state index contributed by atoms with van der Waals surface area (Å²) in [5, 5.41) is 3.32. The SMILES string of the molecule is COc1ccc(N)c(NCCC2CCN(C)CC2)n1. The van der Waals surface area contributed by atoms with E-state index in [0.29, 0.717) is 11.6 Å². The standard InChI is InChI=1S/C14H24N4O/c1-18-9-6-11(7-10-18)5-8-16-14-12(15)3-4-13(17-14)19-2/h3-4,11H,5-10,15H2,1-2H3,(H,16,17). The molecule has 2 heterocycles. The first-order chi connectivity index (χ1) is 9.19. The van der Waals surface area contributed by atoms with Gasteiger partial charge in [-0.25, -0.2) is 0 Å². The molecule has 0 radical (unpaired) electrons. The van der Waals surface area contributed by atoms with Crippen molar-refractivity contribution in [2.24, 2.45) is 5.92 Å². The fraction of sp³-hybridized carbons (Fsp3) is 0.643.